The van der Waals surface area contributed by atoms with Gasteiger partial charge >= 0.3 is 17.6 Å². The fourth-order valence-corrected chi connectivity index (χ4v) is 11.1. The standard InChI is InChI=1S/C23H46O6Si2/c1-9-22(30(24-11-3,25-12-4)26-13-5)20-18-17-19-21(20)23(10-2)31(27-14-6,28-15-7)29-16-8/h17-18,22-23H,9-16,19H2,1-8H3. The van der Waals surface area contributed by atoms with Crippen LogP contribution < -0.4 is 0 Å². The summed E-state index contributed by atoms with van der Waals surface area (Å²) in [4.78, 5) is 0. The third kappa shape index (κ3) is 6.83. The first-order valence-electron chi connectivity index (χ1n) is 12.2. The summed E-state index contributed by atoms with van der Waals surface area (Å²) >= 11 is 0. The predicted molar refractivity (Wildman–Crippen MR) is 130 cm³/mol. The Morgan fingerprint density at radius 2 is 0.968 bits per heavy atom. The highest BCUT2D eigenvalue weighted by molar-refractivity contribution is 6.64. The molecule has 0 fully saturated rings. The van der Waals surface area contributed by atoms with E-state index in [-0.39, 0.29) is 11.1 Å². The lowest BCUT2D eigenvalue weighted by atomic mass is 10.0. The molecule has 0 aromatic rings. The summed E-state index contributed by atoms with van der Waals surface area (Å²) in [5.74, 6) is 0. The van der Waals surface area contributed by atoms with Gasteiger partial charge in [0.25, 0.3) is 0 Å². The van der Waals surface area contributed by atoms with Crippen molar-refractivity contribution in [3.63, 3.8) is 0 Å². The van der Waals surface area contributed by atoms with Gasteiger partial charge in [-0.1, -0.05) is 31.6 Å². The summed E-state index contributed by atoms with van der Waals surface area (Å²) in [5.41, 5.74) is 2.79. The highest BCUT2D eigenvalue weighted by Crippen LogP contribution is 2.48. The molecule has 0 spiro atoms. The number of allylic oxidation sites excluding steroid dienone is 4. The molecule has 0 saturated heterocycles. The summed E-state index contributed by atoms with van der Waals surface area (Å²) in [6.45, 7) is 19.9. The molecule has 1 aliphatic rings. The van der Waals surface area contributed by atoms with Crippen LogP contribution in [0.3, 0.4) is 0 Å². The van der Waals surface area contributed by atoms with E-state index in [2.05, 4.69) is 26.0 Å². The fourth-order valence-electron chi connectivity index (χ4n) is 4.65. The highest BCUT2D eigenvalue weighted by Gasteiger charge is 2.54. The van der Waals surface area contributed by atoms with Crippen LogP contribution in [0.25, 0.3) is 0 Å². The van der Waals surface area contributed by atoms with Gasteiger partial charge in [-0.25, -0.2) is 0 Å². The van der Waals surface area contributed by atoms with Crippen molar-refractivity contribution in [1.82, 2.24) is 0 Å². The Hall–Kier alpha value is -0.326. The van der Waals surface area contributed by atoms with Crippen LogP contribution >= 0.6 is 0 Å². The predicted octanol–water partition coefficient (Wildman–Crippen LogP) is 5.90. The van der Waals surface area contributed by atoms with Gasteiger partial charge in [0.1, 0.15) is 0 Å². The monoisotopic (exact) mass is 474 g/mol. The van der Waals surface area contributed by atoms with Gasteiger partial charge in [0.15, 0.2) is 0 Å². The highest BCUT2D eigenvalue weighted by atomic mass is 28.4. The molecule has 1 aliphatic carbocycles. The van der Waals surface area contributed by atoms with E-state index in [1.54, 1.807) is 0 Å². The molecule has 2 atom stereocenters. The molecule has 0 aromatic carbocycles. The van der Waals surface area contributed by atoms with Gasteiger partial charge < -0.3 is 26.6 Å². The van der Waals surface area contributed by atoms with E-state index >= 15 is 0 Å². The van der Waals surface area contributed by atoms with Gasteiger partial charge in [-0.15, -0.1) is 0 Å². The van der Waals surface area contributed by atoms with Gasteiger partial charge in [-0.05, 0) is 66.4 Å². The maximum Gasteiger partial charge on any atom is 0.508 e. The Labute approximate surface area is 193 Å². The molecule has 0 aliphatic heterocycles. The number of rotatable bonds is 18. The fraction of sp³-hybridized carbons (Fsp3) is 0.826. The third-order valence-corrected chi connectivity index (χ3v) is 12.9. The molecule has 0 heterocycles. The molecule has 0 N–H and O–H groups in total. The van der Waals surface area contributed by atoms with Gasteiger partial charge in [0, 0.05) is 39.6 Å². The topological polar surface area (TPSA) is 55.4 Å². The zero-order valence-electron chi connectivity index (χ0n) is 21.1. The Kier molecular flexibility index (Phi) is 13.7. The molecule has 0 amide bonds. The lowest BCUT2D eigenvalue weighted by molar-refractivity contribution is 0.0610. The molecule has 2 unspecified atom stereocenters. The van der Waals surface area contributed by atoms with Crippen molar-refractivity contribution in [2.75, 3.05) is 39.6 Å². The van der Waals surface area contributed by atoms with E-state index in [9.17, 15) is 0 Å². The Morgan fingerprint density at radius 3 is 1.29 bits per heavy atom. The number of hydrogen-bond acceptors (Lipinski definition) is 6. The van der Waals surface area contributed by atoms with E-state index in [1.807, 2.05) is 41.5 Å². The van der Waals surface area contributed by atoms with Crippen molar-refractivity contribution in [2.24, 2.45) is 0 Å². The first-order chi connectivity index (χ1) is 15.0. The third-order valence-electron chi connectivity index (χ3n) is 5.55. The average Bonchev–Trinajstić information content (AvgIpc) is 3.19. The van der Waals surface area contributed by atoms with Crippen molar-refractivity contribution >= 4 is 17.6 Å². The normalized spacial score (nSPS) is 16.9. The van der Waals surface area contributed by atoms with Crippen LogP contribution in [0.5, 0.6) is 0 Å². The van der Waals surface area contributed by atoms with Crippen LogP contribution in [-0.4, -0.2) is 57.3 Å². The quantitative estimate of drug-likeness (QED) is 0.231. The van der Waals surface area contributed by atoms with Crippen LogP contribution in [0.2, 0.25) is 11.1 Å². The summed E-state index contributed by atoms with van der Waals surface area (Å²) in [6, 6.07) is 0. The molecule has 0 radical (unpaired) electrons. The SMILES string of the molecule is CCO[Si](OCC)(OCC)C(CC)C1=C(C(CC)[Si](OCC)(OCC)OCC)CC=C1. The molecule has 6 nitrogen and oxygen atoms in total. The van der Waals surface area contributed by atoms with Gasteiger partial charge in [0.2, 0.25) is 0 Å². The molecule has 8 heteroatoms. The van der Waals surface area contributed by atoms with Crippen LogP contribution in [0.15, 0.2) is 23.3 Å². The van der Waals surface area contributed by atoms with Crippen molar-refractivity contribution in [1.29, 1.82) is 0 Å². The smallest absolute Gasteiger partial charge is 0.373 e. The first-order valence-corrected chi connectivity index (χ1v) is 15.8. The summed E-state index contributed by atoms with van der Waals surface area (Å²) in [6.07, 6.45) is 7.14. The second-order valence-corrected chi connectivity index (χ2v) is 12.9. The maximum atomic E-state index is 6.32. The minimum absolute atomic E-state index is 0.0757. The molecule has 0 bridgehead atoms. The molecular formula is C23H46O6Si2. The van der Waals surface area contributed by atoms with Crippen molar-refractivity contribution in [3.05, 3.63) is 23.3 Å². The second-order valence-electron chi connectivity index (χ2n) is 7.31. The lowest BCUT2D eigenvalue weighted by Gasteiger charge is -2.39. The van der Waals surface area contributed by atoms with Crippen molar-refractivity contribution in [2.45, 2.75) is 85.7 Å². The van der Waals surface area contributed by atoms with E-state index in [4.69, 9.17) is 26.6 Å². The first kappa shape index (κ1) is 28.7. The van der Waals surface area contributed by atoms with E-state index in [1.165, 1.54) is 11.1 Å². The van der Waals surface area contributed by atoms with Crippen LogP contribution in [0, 0.1) is 0 Å². The van der Waals surface area contributed by atoms with Gasteiger partial charge in [0.05, 0.1) is 11.1 Å². The van der Waals surface area contributed by atoms with Crippen molar-refractivity contribution in [3.8, 4) is 0 Å². The summed E-state index contributed by atoms with van der Waals surface area (Å²) < 4.78 is 37.9. The van der Waals surface area contributed by atoms with Crippen LogP contribution in [0.4, 0.5) is 0 Å². The average molecular weight is 475 g/mol. The minimum atomic E-state index is -2.92. The Bertz CT molecular complexity index is 532. The summed E-state index contributed by atoms with van der Waals surface area (Å²) in [5, 5.41) is 0. The molecule has 31 heavy (non-hydrogen) atoms. The largest absolute Gasteiger partial charge is 0.508 e. The lowest BCUT2D eigenvalue weighted by Crippen LogP contribution is -2.52. The van der Waals surface area contributed by atoms with Crippen LogP contribution in [-0.2, 0) is 26.6 Å². The Morgan fingerprint density at radius 1 is 0.613 bits per heavy atom. The molecule has 0 saturated carbocycles. The summed E-state index contributed by atoms with van der Waals surface area (Å²) in [7, 11) is -5.83. The van der Waals surface area contributed by atoms with Gasteiger partial charge in [-0.3, -0.25) is 0 Å². The number of hydrogen-bond donors (Lipinski definition) is 0. The zero-order valence-corrected chi connectivity index (χ0v) is 23.1. The minimum Gasteiger partial charge on any atom is -0.373 e. The molecular weight excluding hydrogens is 428 g/mol. The second kappa shape index (κ2) is 14.7. The maximum absolute atomic E-state index is 6.32. The molecule has 182 valence electrons. The zero-order chi connectivity index (χ0) is 23.3. The molecule has 1 rings (SSSR count). The van der Waals surface area contributed by atoms with Crippen LogP contribution in [0.1, 0.15) is 74.7 Å². The van der Waals surface area contributed by atoms with Crippen molar-refractivity contribution < 1.29 is 26.6 Å². The van der Waals surface area contributed by atoms with E-state index in [0.717, 1.165) is 19.3 Å². The van der Waals surface area contributed by atoms with Gasteiger partial charge in [-0.2, -0.15) is 0 Å². The molecule has 0 aromatic heterocycles. The van der Waals surface area contributed by atoms with E-state index < -0.39 is 17.6 Å². The van der Waals surface area contributed by atoms with E-state index in [0.29, 0.717) is 39.6 Å². The Balaban J connectivity index is 3.59.